The van der Waals surface area contributed by atoms with Gasteiger partial charge in [-0.3, -0.25) is 0 Å². The average molecular weight is 263 g/mol. The van der Waals surface area contributed by atoms with Crippen LogP contribution in [0.3, 0.4) is 0 Å². The summed E-state index contributed by atoms with van der Waals surface area (Å²) in [5.41, 5.74) is 1.58. The molecule has 1 aromatic carbocycles. The predicted octanol–water partition coefficient (Wildman–Crippen LogP) is 2.77. The third kappa shape index (κ3) is 4.75. The Hall–Kier alpha value is -1.81. The molecule has 0 spiro atoms. The van der Waals surface area contributed by atoms with Gasteiger partial charge in [0, 0.05) is 18.2 Å². The van der Waals surface area contributed by atoms with Gasteiger partial charge in [0.1, 0.15) is 5.75 Å². The van der Waals surface area contributed by atoms with E-state index in [0.717, 1.165) is 11.3 Å². The molecular formula is C15H21NO3. The topological polar surface area (TPSA) is 58.6 Å². The van der Waals surface area contributed by atoms with E-state index in [1.807, 2.05) is 38.1 Å². The maximum atomic E-state index is 10.8. The Labute approximate surface area is 114 Å². The lowest BCUT2D eigenvalue weighted by molar-refractivity contribution is -0.132. The van der Waals surface area contributed by atoms with Crippen molar-refractivity contribution in [2.24, 2.45) is 0 Å². The number of hydrogen-bond acceptors (Lipinski definition) is 3. The molecule has 104 valence electrons. The van der Waals surface area contributed by atoms with Crippen molar-refractivity contribution in [3.8, 4) is 5.75 Å². The van der Waals surface area contributed by atoms with Crippen molar-refractivity contribution in [3.63, 3.8) is 0 Å². The van der Waals surface area contributed by atoms with Crippen LogP contribution in [0, 0.1) is 0 Å². The summed E-state index contributed by atoms with van der Waals surface area (Å²) in [6.45, 7) is 4.43. The molecule has 0 aliphatic heterocycles. The second kappa shape index (κ2) is 7.59. The monoisotopic (exact) mass is 263 g/mol. The second-order valence-corrected chi connectivity index (χ2v) is 4.29. The van der Waals surface area contributed by atoms with Gasteiger partial charge in [-0.2, -0.15) is 0 Å². The first-order valence-electron chi connectivity index (χ1n) is 6.38. The van der Waals surface area contributed by atoms with Gasteiger partial charge in [0.15, 0.2) is 0 Å². The third-order valence-electron chi connectivity index (χ3n) is 3.04. The minimum absolute atomic E-state index is 0.161. The molecule has 1 rings (SSSR count). The van der Waals surface area contributed by atoms with Crippen LogP contribution in [-0.4, -0.2) is 24.7 Å². The summed E-state index contributed by atoms with van der Waals surface area (Å²) < 4.78 is 5.11. The maximum absolute atomic E-state index is 10.8. The molecule has 19 heavy (non-hydrogen) atoms. The van der Waals surface area contributed by atoms with Gasteiger partial charge in [-0.05, 0) is 31.0 Å². The highest BCUT2D eigenvalue weighted by atomic mass is 16.5. The Morgan fingerprint density at radius 2 is 2.05 bits per heavy atom. The highest BCUT2D eigenvalue weighted by Gasteiger charge is 2.06. The number of rotatable bonds is 7. The Balaban J connectivity index is 2.54. The van der Waals surface area contributed by atoms with Gasteiger partial charge in [0.05, 0.1) is 7.11 Å². The van der Waals surface area contributed by atoms with Crippen molar-refractivity contribution < 1.29 is 14.6 Å². The first kappa shape index (κ1) is 15.2. The van der Waals surface area contributed by atoms with E-state index in [1.54, 1.807) is 13.2 Å². The van der Waals surface area contributed by atoms with Crippen LogP contribution in [-0.2, 0) is 4.79 Å². The Morgan fingerprint density at radius 3 is 2.53 bits per heavy atom. The number of carbonyl (C=O) groups is 1. The third-order valence-corrected chi connectivity index (χ3v) is 3.04. The number of benzene rings is 1. The predicted molar refractivity (Wildman–Crippen MR) is 75.4 cm³/mol. The number of hydrogen-bond donors (Lipinski definition) is 2. The molecule has 0 saturated carbocycles. The number of nitrogens with one attached hydrogen (secondary N) is 1. The number of aliphatic carboxylic acids is 1. The number of carboxylic acids is 1. The lowest BCUT2D eigenvalue weighted by Gasteiger charge is -2.13. The molecule has 4 heteroatoms. The molecule has 0 heterocycles. The fourth-order valence-corrected chi connectivity index (χ4v) is 1.75. The summed E-state index contributed by atoms with van der Waals surface area (Å²) in [6.07, 6.45) is 2.26. The summed E-state index contributed by atoms with van der Waals surface area (Å²) in [4.78, 5) is 10.8. The number of ether oxygens (including phenoxy) is 1. The van der Waals surface area contributed by atoms with E-state index >= 15 is 0 Å². The van der Waals surface area contributed by atoms with E-state index in [9.17, 15) is 4.79 Å². The van der Waals surface area contributed by atoms with Crippen LogP contribution < -0.4 is 10.1 Å². The number of methoxy groups -OCH3 is 1. The van der Waals surface area contributed by atoms with Gasteiger partial charge in [0.25, 0.3) is 0 Å². The van der Waals surface area contributed by atoms with E-state index < -0.39 is 5.97 Å². The fourth-order valence-electron chi connectivity index (χ4n) is 1.75. The molecule has 1 aromatic rings. The first-order chi connectivity index (χ1) is 9.08. The Morgan fingerprint density at radius 1 is 1.42 bits per heavy atom. The molecule has 0 saturated heterocycles. The van der Waals surface area contributed by atoms with Crippen LogP contribution in [0.5, 0.6) is 5.75 Å². The molecule has 0 aliphatic carbocycles. The van der Waals surface area contributed by atoms with Crippen LogP contribution in [0.1, 0.15) is 31.9 Å². The van der Waals surface area contributed by atoms with Gasteiger partial charge in [-0.1, -0.05) is 25.1 Å². The van der Waals surface area contributed by atoms with Crippen LogP contribution in [0.2, 0.25) is 0 Å². The van der Waals surface area contributed by atoms with Crippen LogP contribution in [0.15, 0.2) is 35.9 Å². The SMILES string of the molecule is CC/C(=C/CN[C@H](C)c1ccc(OC)cc1)C(=O)O. The van der Waals surface area contributed by atoms with Crippen molar-refractivity contribution in [1.29, 1.82) is 0 Å². The normalized spacial score (nSPS) is 13.1. The summed E-state index contributed by atoms with van der Waals surface area (Å²) in [5, 5.41) is 12.2. The molecular weight excluding hydrogens is 242 g/mol. The van der Waals surface area contributed by atoms with Crippen LogP contribution in [0.4, 0.5) is 0 Å². The minimum atomic E-state index is -0.846. The zero-order valence-electron chi connectivity index (χ0n) is 11.6. The van der Waals surface area contributed by atoms with Gasteiger partial charge < -0.3 is 15.2 Å². The molecule has 4 nitrogen and oxygen atoms in total. The highest BCUT2D eigenvalue weighted by molar-refractivity contribution is 5.86. The van der Waals surface area contributed by atoms with E-state index in [2.05, 4.69) is 5.32 Å². The van der Waals surface area contributed by atoms with E-state index in [0.29, 0.717) is 18.5 Å². The standard InChI is InChI=1S/C15H21NO3/c1-4-12(15(17)18)9-10-16-11(2)13-5-7-14(19-3)8-6-13/h5-9,11,16H,4,10H2,1-3H3,(H,17,18)/b12-9-/t11-/m1/s1. The van der Waals surface area contributed by atoms with E-state index in [1.165, 1.54) is 0 Å². The molecule has 2 N–H and O–H groups in total. The quantitative estimate of drug-likeness (QED) is 0.743. The Bertz CT molecular complexity index is 437. The highest BCUT2D eigenvalue weighted by Crippen LogP contribution is 2.17. The molecule has 0 unspecified atom stereocenters. The van der Waals surface area contributed by atoms with Crippen LogP contribution >= 0.6 is 0 Å². The van der Waals surface area contributed by atoms with E-state index in [4.69, 9.17) is 9.84 Å². The number of carboxylic acid groups (broad SMARTS) is 1. The summed E-state index contributed by atoms with van der Waals surface area (Å²) >= 11 is 0. The molecule has 0 aliphatic rings. The molecule has 0 radical (unpaired) electrons. The zero-order valence-corrected chi connectivity index (χ0v) is 11.6. The lowest BCUT2D eigenvalue weighted by atomic mass is 10.1. The summed E-state index contributed by atoms with van der Waals surface area (Å²) in [7, 11) is 1.64. The molecule has 0 aromatic heterocycles. The van der Waals surface area contributed by atoms with Crippen molar-refractivity contribution in [1.82, 2.24) is 5.32 Å². The van der Waals surface area contributed by atoms with Crippen molar-refractivity contribution in [2.75, 3.05) is 13.7 Å². The van der Waals surface area contributed by atoms with Crippen molar-refractivity contribution in [3.05, 3.63) is 41.5 Å². The largest absolute Gasteiger partial charge is 0.497 e. The van der Waals surface area contributed by atoms with Crippen molar-refractivity contribution in [2.45, 2.75) is 26.3 Å². The molecule has 0 bridgehead atoms. The first-order valence-corrected chi connectivity index (χ1v) is 6.38. The zero-order chi connectivity index (χ0) is 14.3. The average Bonchev–Trinajstić information content (AvgIpc) is 2.43. The maximum Gasteiger partial charge on any atom is 0.331 e. The minimum Gasteiger partial charge on any atom is -0.497 e. The van der Waals surface area contributed by atoms with Gasteiger partial charge in [0.2, 0.25) is 0 Å². The fraction of sp³-hybridized carbons (Fsp3) is 0.400. The van der Waals surface area contributed by atoms with Gasteiger partial charge >= 0.3 is 5.97 Å². The van der Waals surface area contributed by atoms with Crippen molar-refractivity contribution >= 4 is 5.97 Å². The van der Waals surface area contributed by atoms with Crippen LogP contribution in [0.25, 0.3) is 0 Å². The lowest BCUT2D eigenvalue weighted by Crippen LogP contribution is -2.19. The molecule has 0 fully saturated rings. The summed E-state index contributed by atoms with van der Waals surface area (Å²) in [5.74, 6) is -0.0172. The van der Waals surface area contributed by atoms with E-state index in [-0.39, 0.29) is 6.04 Å². The van der Waals surface area contributed by atoms with Gasteiger partial charge in [-0.25, -0.2) is 4.79 Å². The second-order valence-electron chi connectivity index (χ2n) is 4.29. The molecule has 1 atom stereocenters. The summed E-state index contributed by atoms with van der Waals surface area (Å²) in [6, 6.07) is 7.99. The smallest absolute Gasteiger partial charge is 0.331 e. The Kier molecular flexibility index (Phi) is 6.09. The van der Waals surface area contributed by atoms with Gasteiger partial charge in [-0.15, -0.1) is 0 Å². The molecule has 0 amide bonds.